The Morgan fingerprint density at radius 2 is 2.25 bits per heavy atom. The van der Waals surface area contributed by atoms with Crippen LogP contribution in [0.3, 0.4) is 0 Å². The number of nitrogens with zero attached hydrogens (tertiary/aromatic N) is 2. The van der Waals surface area contributed by atoms with Gasteiger partial charge in [0.05, 0.1) is 24.8 Å². The molecule has 68 valence electrons. The number of hydrogen-bond donors (Lipinski definition) is 0. The first-order valence-electron chi connectivity index (χ1n) is 4.01. The third kappa shape index (κ3) is 3.87. The van der Waals surface area contributed by atoms with Crippen LogP contribution >= 0.6 is 9.47 Å². The molecule has 5 heteroatoms. The molecule has 1 atom stereocenters. The lowest BCUT2D eigenvalue weighted by atomic mass is 10.5. The van der Waals surface area contributed by atoms with Gasteiger partial charge in [-0.15, -0.1) is 0 Å². The van der Waals surface area contributed by atoms with E-state index in [1.165, 1.54) is 0 Å². The Morgan fingerprint density at radius 3 is 2.92 bits per heavy atom. The van der Waals surface area contributed by atoms with Crippen LogP contribution in [0, 0.1) is 6.07 Å². The normalized spacial score (nSPS) is 16.9. The highest BCUT2D eigenvalue weighted by molar-refractivity contribution is 7.09. The second-order valence-corrected chi connectivity index (χ2v) is 2.78. The molecule has 0 spiro atoms. The largest absolute Gasteiger partial charge is 0.377 e. The van der Waals surface area contributed by atoms with Crippen molar-refractivity contribution in [2.75, 3.05) is 32.9 Å². The van der Waals surface area contributed by atoms with Gasteiger partial charge in [-0.25, -0.2) is 0 Å². The molecule has 1 fully saturated rings. The lowest BCUT2D eigenvalue weighted by Gasteiger charge is -2.12. The van der Waals surface area contributed by atoms with Gasteiger partial charge in [-0.1, -0.05) is 5.01 Å². The maximum absolute atomic E-state index is 5.17. The predicted octanol–water partition coefficient (Wildman–Crippen LogP) is 0.763. The van der Waals surface area contributed by atoms with Gasteiger partial charge in [0, 0.05) is 9.47 Å². The first kappa shape index (κ1) is 9.73. The molecule has 0 radical (unpaired) electrons. The van der Waals surface area contributed by atoms with Crippen LogP contribution in [0.1, 0.15) is 6.42 Å². The lowest BCUT2D eigenvalue weighted by Crippen LogP contribution is -2.30. The van der Waals surface area contributed by atoms with Crippen LogP contribution in [0.2, 0.25) is 0 Å². The van der Waals surface area contributed by atoms with Crippen LogP contribution in [0.5, 0.6) is 0 Å². The highest BCUT2D eigenvalue weighted by Crippen LogP contribution is 1.97. The second kappa shape index (κ2) is 6.19. The molecular formula is C7H14N2O2P+. The Balaban J connectivity index is 2.13. The van der Waals surface area contributed by atoms with Gasteiger partial charge in [0.15, 0.2) is 0 Å². The molecule has 1 rings (SSSR count). The smallest absolute Gasteiger partial charge is 0.321 e. The van der Waals surface area contributed by atoms with Crippen LogP contribution < -0.4 is 0 Å². The highest BCUT2D eigenvalue weighted by Gasteiger charge is 2.14. The van der Waals surface area contributed by atoms with Gasteiger partial charge < -0.3 is 9.26 Å². The zero-order chi connectivity index (χ0) is 8.65. The molecule has 0 aromatic rings. The van der Waals surface area contributed by atoms with Gasteiger partial charge in [-0.05, 0) is 0 Å². The van der Waals surface area contributed by atoms with Gasteiger partial charge in [0.2, 0.25) is 0 Å². The molecular weight excluding hydrogens is 175 g/mol. The van der Waals surface area contributed by atoms with E-state index in [9.17, 15) is 0 Å². The summed E-state index contributed by atoms with van der Waals surface area (Å²) in [5.41, 5.74) is 0. The average Bonchev–Trinajstić information content (AvgIpc) is 2.14. The average molecular weight is 189 g/mol. The van der Waals surface area contributed by atoms with E-state index in [0.29, 0.717) is 6.61 Å². The fourth-order valence-electron chi connectivity index (χ4n) is 0.908. The number of rotatable bonds is 2. The summed E-state index contributed by atoms with van der Waals surface area (Å²) in [7, 11) is 2.20. The SMILES string of the molecule is POCCC#[N+]N1CCOCC1. The molecule has 0 amide bonds. The molecule has 0 aromatic carbocycles. The van der Waals surface area contributed by atoms with E-state index in [1.54, 1.807) is 0 Å². The van der Waals surface area contributed by atoms with Crippen molar-refractivity contribution in [2.24, 2.45) is 0 Å². The van der Waals surface area contributed by atoms with Crippen LogP contribution in [0.4, 0.5) is 0 Å². The molecule has 1 aliphatic rings. The summed E-state index contributed by atoms with van der Waals surface area (Å²) in [6.45, 7) is 3.93. The van der Waals surface area contributed by atoms with Crippen molar-refractivity contribution in [3.05, 3.63) is 4.95 Å². The molecule has 12 heavy (non-hydrogen) atoms. The van der Waals surface area contributed by atoms with E-state index in [2.05, 4.69) is 20.5 Å². The Bertz CT molecular complexity index is 172. The maximum Gasteiger partial charge on any atom is 0.321 e. The van der Waals surface area contributed by atoms with E-state index < -0.39 is 0 Å². The molecule has 0 aromatic heterocycles. The van der Waals surface area contributed by atoms with E-state index in [-0.39, 0.29) is 0 Å². The third-order valence-electron chi connectivity index (χ3n) is 1.53. The van der Waals surface area contributed by atoms with Crippen molar-refractivity contribution in [1.29, 1.82) is 0 Å². The van der Waals surface area contributed by atoms with Crippen molar-refractivity contribution < 1.29 is 9.26 Å². The van der Waals surface area contributed by atoms with Crippen molar-refractivity contribution in [2.45, 2.75) is 6.42 Å². The summed E-state index contributed by atoms with van der Waals surface area (Å²) < 4.78 is 9.95. The second-order valence-electron chi connectivity index (χ2n) is 2.44. The quantitative estimate of drug-likeness (QED) is 0.474. The van der Waals surface area contributed by atoms with Gasteiger partial charge >= 0.3 is 6.07 Å². The zero-order valence-corrected chi connectivity index (χ0v) is 8.19. The molecule has 4 nitrogen and oxygen atoms in total. The van der Waals surface area contributed by atoms with Crippen molar-refractivity contribution in [3.63, 3.8) is 0 Å². The Morgan fingerprint density at radius 1 is 1.50 bits per heavy atom. The van der Waals surface area contributed by atoms with Crippen molar-refractivity contribution in [1.82, 2.24) is 5.01 Å². The minimum atomic E-state index is 0.651. The highest BCUT2D eigenvalue weighted by atomic mass is 31.0. The fraction of sp³-hybridized carbons (Fsp3) is 0.857. The molecule has 0 aliphatic carbocycles. The maximum atomic E-state index is 5.17. The number of ether oxygens (including phenoxy) is 1. The molecule has 1 aliphatic heterocycles. The Hall–Kier alpha value is -0.360. The van der Waals surface area contributed by atoms with Gasteiger partial charge in [0.1, 0.15) is 19.5 Å². The first-order chi connectivity index (χ1) is 5.93. The number of hydrogen-bond acceptors (Lipinski definition) is 3. The van der Waals surface area contributed by atoms with E-state index in [1.807, 2.05) is 5.01 Å². The predicted molar refractivity (Wildman–Crippen MR) is 49.9 cm³/mol. The summed E-state index contributed by atoms with van der Waals surface area (Å²) in [4.78, 5) is 4.13. The van der Waals surface area contributed by atoms with Crippen LogP contribution in [-0.4, -0.2) is 37.9 Å². The van der Waals surface area contributed by atoms with E-state index in [0.717, 1.165) is 32.7 Å². The van der Waals surface area contributed by atoms with Crippen molar-refractivity contribution in [3.8, 4) is 6.07 Å². The summed E-state index contributed by atoms with van der Waals surface area (Å²) >= 11 is 0. The van der Waals surface area contributed by atoms with Crippen LogP contribution in [0.15, 0.2) is 0 Å². The van der Waals surface area contributed by atoms with E-state index in [4.69, 9.17) is 9.26 Å². The van der Waals surface area contributed by atoms with Crippen LogP contribution in [-0.2, 0) is 9.26 Å². The minimum Gasteiger partial charge on any atom is -0.377 e. The molecule has 0 N–H and O–H groups in total. The minimum absolute atomic E-state index is 0.651. The topological polar surface area (TPSA) is 26.1 Å². The van der Waals surface area contributed by atoms with Gasteiger partial charge in [0.25, 0.3) is 0 Å². The Labute approximate surface area is 74.9 Å². The zero-order valence-electron chi connectivity index (χ0n) is 7.03. The Kier molecular flexibility index (Phi) is 5.02. The van der Waals surface area contributed by atoms with Gasteiger partial charge in [-0.3, -0.25) is 0 Å². The standard InChI is InChI=1S/C7H14N2O2P/c12-11-5-1-2-8-9-3-6-10-7-4-9/h1,3-7,12H2/q+1. The molecule has 1 saturated heterocycles. The first-order valence-corrected chi connectivity index (χ1v) is 4.48. The van der Waals surface area contributed by atoms with Crippen molar-refractivity contribution >= 4 is 9.47 Å². The molecule has 1 heterocycles. The third-order valence-corrected chi connectivity index (χ3v) is 1.77. The monoisotopic (exact) mass is 189 g/mol. The summed E-state index contributed by atoms with van der Waals surface area (Å²) in [5, 5.41) is 1.96. The summed E-state index contributed by atoms with van der Waals surface area (Å²) in [6.07, 6.45) is 0.737. The van der Waals surface area contributed by atoms with E-state index >= 15 is 0 Å². The fourth-order valence-corrected chi connectivity index (χ4v) is 1.03. The lowest BCUT2D eigenvalue weighted by molar-refractivity contribution is 0.0582. The summed E-state index contributed by atoms with van der Waals surface area (Å²) in [6, 6.07) is 2.91. The van der Waals surface area contributed by atoms with Crippen LogP contribution in [0.25, 0.3) is 4.95 Å². The molecule has 1 unspecified atom stereocenters. The molecule has 0 saturated carbocycles. The molecule has 0 bridgehead atoms. The van der Waals surface area contributed by atoms with Gasteiger partial charge in [-0.2, -0.15) is 0 Å². The summed E-state index contributed by atoms with van der Waals surface area (Å²) in [5.74, 6) is 0. The number of morpholine rings is 1.